The quantitative estimate of drug-likeness (QED) is 0.226. The number of nitrogens with zero attached hydrogens (tertiary/aromatic N) is 2. The Morgan fingerprint density at radius 3 is 2.09 bits per heavy atom. The molecule has 3 aromatic carbocycles. The third-order valence-electron chi connectivity index (χ3n) is 6.45. The summed E-state index contributed by atoms with van der Waals surface area (Å²) in [5.74, 6) is -0.779. The number of hydrogen-bond donors (Lipinski definition) is 2. The van der Waals surface area contributed by atoms with Gasteiger partial charge in [0.1, 0.15) is 0 Å². The predicted molar refractivity (Wildman–Crippen MR) is 159 cm³/mol. The fraction of sp³-hybridized carbons (Fsp3) is 0.226. The monoisotopic (exact) mass is 610 g/mol. The zero-order valence-corrected chi connectivity index (χ0v) is 24.6. The predicted octanol–water partition coefficient (Wildman–Crippen LogP) is 7.49. The van der Waals surface area contributed by atoms with Crippen molar-refractivity contribution in [3.05, 3.63) is 95.0 Å². The second-order valence-corrected chi connectivity index (χ2v) is 11.4. The average Bonchev–Trinajstić information content (AvgIpc) is 3.38. The van der Waals surface area contributed by atoms with Crippen molar-refractivity contribution in [1.82, 2.24) is 9.88 Å². The number of carbonyl (C=O) groups is 3. The molecule has 0 unspecified atom stereocenters. The van der Waals surface area contributed by atoms with E-state index in [9.17, 15) is 27.6 Å². The molecule has 43 heavy (non-hydrogen) atoms. The first-order valence-corrected chi connectivity index (χ1v) is 14.0. The second kappa shape index (κ2) is 12.7. The average molecular weight is 611 g/mol. The molecule has 224 valence electrons. The van der Waals surface area contributed by atoms with Crippen LogP contribution < -0.4 is 15.4 Å². The number of halogens is 3. The third-order valence-corrected chi connectivity index (χ3v) is 7.21. The smallest absolute Gasteiger partial charge is 0.381 e. The maximum Gasteiger partial charge on any atom is 0.417 e. The number of ether oxygens (including phenoxy) is 1. The molecular formula is C31H29F3N4O4S. The van der Waals surface area contributed by atoms with Crippen molar-refractivity contribution in [2.75, 3.05) is 17.7 Å². The van der Waals surface area contributed by atoms with Gasteiger partial charge in [-0.25, -0.2) is 9.78 Å². The van der Waals surface area contributed by atoms with E-state index in [0.29, 0.717) is 28.2 Å². The molecule has 0 saturated heterocycles. The van der Waals surface area contributed by atoms with E-state index in [-0.39, 0.29) is 23.1 Å². The lowest BCUT2D eigenvalue weighted by Crippen LogP contribution is -2.44. The lowest BCUT2D eigenvalue weighted by Gasteiger charge is -2.30. The maximum atomic E-state index is 13.1. The highest BCUT2D eigenvalue weighted by Crippen LogP contribution is 2.32. The summed E-state index contributed by atoms with van der Waals surface area (Å²) in [5.41, 5.74) is 1.44. The number of hydrogen-bond acceptors (Lipinski definition) is 6. The molecule has 0 saturated carbocycles. The molecule has 0 atom stereocenters. The largest absolute Gasteiger partial charge is 0.417 e. The maximum absolute atomic E-state index is 13.1. The lowest BCUT2D eigenvalue weighted by molar-refractivity contribution is -0.137. The van der Waals surface area contributed by atoms with Crippen LogP contribution in [-0.2, 0) is 17.4 Å². The molecule has 4 rings (SSSR count). The molecule has 3 amide bonds. The molecule has 1 heterocycles. The van der Waals surface area contributed by atoms with E-state index in [0.717, 1.165) is 23.5 Å². The van der Waals surface area contributed by atoms with E-state index in [1.807, 2.05) is 20.8 Å². The highest BCUT2D eigenvalue weighted by Gasteiger charge is 2.30. The normalized spacial score (nSPS) is 11.5. The van der Waals surface area contributed by atoms with Gasteiger partial charge in [0.15, 0.2) is 0 Å². The summed E-state index contributed by atoms with van der Waals surface area (Å²) in [4.78, 5) is 43.5. The van der Waals surface area contributed by atoms with Gasteiger partial charge in [-0.15, -0.1) is 0 Å². The van der Waals surface area contributed by atoms with Gasteiger partial charge in [-0.3, -0.25) is 9.59 Å². The summed E-state index contributed by atoms with van der Waals surface area (Å²) in [7, 11) is 1.63. The van der Waals surface area contributed by atoms with Gasteiger partial charge in [0.2, 0.25) is 5.91 Å². The molecule has 0 aliphatic carbocycles. The van der Waals surface area contributed by atoms with Gasteiger partial charge in [-0.2, -0.15) is 13.2 Å². The zero-order chi connectivity index (χ0) is 31.4. The number of nitrogens with one attached hydrogen (secondary N) is 2. The van der Waals surface area contributed by atoms with Gasteiger partial charge in [0.25, 0.3) is 11.1 Å². The summed E-state index contributed by atoms with van der Waals surface area (Å²) in [6.07, 6.45) is -5.04. The van der Waals surface area contributed by atoms with Crippen LogP contribution in [0.25, 0.3) is 11.1 Å². The van der Waals surface area contributed by atoms with E-state index in [2.05, 4.69) is 15.6 Å². The Kier molecular flexibility index (Phi) is 9.19. The zero-order valence-electron chi connectivity index (χ0n) is 23.8. The van der Waals surface area contributed by atoms with Crippen LogP contribution in [0.3, 0.4) is 0 Å². The summed E-state index contributed by atoms with van der Waals surface area (Å²) >= 11 is 1.11. The van der Waals surface area contributed by atoms with Crippen LogP contribution in [0.2, 0.25) is 0 Å². The minimum absolute atomic E-state index is 0.0393. The van der Waals surface area contributed by atoms with E-state index in [1.165, 1.54) is 17.0 Å². The van der Waals surface area contributed by atoms with Gasteiger partial charge in [0, 0.05) is 34.9 Å². The van der Waals surface area contributed by atoms with Crippen LogP contribution in [0, 0.1) is 0 Å². The molecule has 4 aromatic rings. The van der Waals surface area contributed by atoms with E-state index < -0.39 is 29.3 Å². The van der Waals surface area contributed by atoms with Crippen molar-refractivity contribution in [1.29, 1.82) is 0 Å². The van der Waals surface area contributed by atoms with Crippen LogP contribution in [0.15, 0.2) is 78.2 Å². The van der Waals surface area contributed by atoms with Gasteiger partial charge < -0.3 is 20.3 Å². The van der Waals surface area contributed by atoms with Gasteiger partial charge in [-0.05, 0) is 74.4 Å². The number of carbonyl (C=O) groups excluding carboxylic acids is 3. The molecule has 8 nitrogen and oxygen atoms in total. The number of benzene rings is 3. The number of thiazole rings is 1. The van der Waals surface area contributed by atoms with E-state index in [1.54, 1.807) is 61.0 Å². The van der Waals surface area contributed by atoms with Gasteiger partial charge in [-0.1, -0.05) is 41.7 Å². The Balaban J connectivity index is 1.34. The van der Waals surface area contributed by atoms with Crippen LogP contribution >= 0.6 is 11.3 Å². The molecular weight excluding hydrogens is 581 g/mol. The molecule has 0 radical (unpaired) electrons. The highest BCUT2D eigenvalue weighted by atomic mass is 32.1. The Bertz CT molecular complexity index is 1610. The number of alkyl halides is 3. The number of aromatic nitrogens is 1. The number of amides is 3. The van der Waals surface area contributed by atoms with Crippen LogP contribution in [0.5, 0.6) is 5.19 Å². The van der Waals surface area contributed by atoms with Crippen molar-refractivity contribution in [3.8, 4) is 16.3 Å². The summed E-state index contributed by atoms with van der Waals surface area (Å²) in [6.45, 7) is 5.62. The van der Waals surface area contributed by atoms with Crippen LogP contribution in [0.1, 0.15) is 42.4 Å². The molecule has 1 aromatic heterocycles. The summed E-state index contributed by atoms with van der Waals surface area (Å²) in [5, 5.41) is 7.31. The molecule has 0 bridgehead atoms. The first-order chi connectivity index (χ1) is 20.2. The number of anilines is 2. The summed E-state index contributed by atoms with van der Waals surface area (Å²) in [6, 6.07) is 17.7. The number of rotatable bonds is 7. The first-order valence-electron chi connectivity index (χ1n) is 13.1. The standard InChI is InChI=1S/C31H29F3N4O4S/c1-30(2,3)38(4)29(41)42-28-37-23(18-43-28)17-26(39)35-21-13-15-22(16-14-21)36-27(40)25-8-6-5-7-24(25)19-9-11-20(12-10-19)31(32,33)34/h5-16,18H,17H2,1-4H3,(H,35,39)(H,36,40). The van der Waals surface area contributed by atoms with E-state index in [4.69, 9.17) is 4.74 Å². The van der Waals surface area contributed by atoms with Crippen LogP contribution in [-0.4, -0.2) is 40.4 Å². The molecule has 0 aliphatic rings. The van der Waals surface area contributed by atoms with Crippen molar-refractivity contribution in [2.45, 2.75) is 38.9 Å². The first kappa shape index (κ1) is 31.2. The fourth-order valence-electron chi connectivity index (χ4n) is 3.81. The second-order valence-electron chi connectivity index (χ2n) is 10.6. The van der Waals surface area contributed by atoms with Gasteiger partial charge >= 0.3 is 12.3 Å². The Hall–Kier alpha value is -4.71. The Morgan fingerprint density at radius 1 is 0.884 bits per heavy atom. The van der Waals surface area contributed by atoms with Crippen molar-refractivity contribution in [3.63, 3.8) is 0 Å². The minimum Gasteiger partial charge on any atom is -0.381 e. The molecule has 0 aliphatic heterocycles. The highest BCUT2D eigenvalue weighted by molar-refractivity contribution is 7.11. The SMILES string of the molecule is CN(C(=O)Oc1nc(CC(=O)Nc2ccc(NC(=O)c3ccccc3-c3ccc(C(F)(F)F)cc3)cc2)cs1)C(C)(C)C. The molecule has 0 spiro atoms. The lowest BCUT2D eigenvalue weighted by atomic mass is 9.98. The minimum atomic E-state index is -4.45. The Labute approximate surface area is 250 Å². The Morgan fingerprint density at radius 2 is 1.49 bits per heavy atom. The van der Waals surface area contributed by atoms with Crippen molar-refractivity contribution in [2.24, 2.45) is 0 Å². The summed E-state index contributed by atoms with van der Waals surface area (Å²) < 4.78 is 44.2. The fourth-order valence-corrected chi connectivity index (χ4v) is 4.47. The molecule has 2 N–H and O–H groups in total. The molecule has 12 heteroatoms. The van der Waals surface area contributed by atoms with Crippen molar-refractivity contribution < 1.29 is 32.3 Å². The molecule has 0 fully saturated rings. The van der Waals surface area contributed by atoms with Crippen molar-refractivity contribution >= 4 is 40.6 Å². The van der Waals surface area contributed by atoms with Crippen LogP contribution in [0.4, 0.5) is 29.3 Å². The van der Waals surface area contributed by atoms with E-state index >= 15 is 0 Å². The third kappa shape index (κ3) is 8.19. The van der Waals surface area contributed by atoms with Gasteiger partial charge in [0.05, 0.1) is 17.7 Å². The topological polar surface area (TPSA) is 101 Å².